The molecule has 0 aromatic heterocycles. The van der Waals surface area contributed by atoms with Gasteiger partial charge in [0.2, 0.25) is 0 Å². The van der Waals surface area contributed by atoms with Crippen LogP contribution in [0.5, 0.6) is 0 Å². The van der Waals surface area contributed by atoms with E-state index >= 15 is 0 Å². The van der Waals surface area contributed by atoms with Crippen molar-refractivity contribution in [3.05, 3.63) is 11.1 Å². The SMILES string of the molecule is COC(=O)CC(=O)O[C@@H]1CC[C@]2(C)C3=C(CC[C@H]2C1(C)C)[C@]1(C)CC[C@H]([C@H](C)CC(=O)[C@@H](C)[C@H](C)C(=O)OC)[C@@]1(C)[C@H](O)C3. The summed E-state index contributed by atoms with van der Waals surface area (Å²) in [5, 5.41) is 12.1. The van der Waals surface area contributed by atoms with Crippen LogP contribution in [0.25, 0.3) is 0 Å². The highest BCUT2D eigenvalue weighted by molar-refractivity contribution is 5.91. The summed E-state index contributed by atoms with van der Waals surface area (Å²) in [7, 11) is 2.62. The Morgan fingerprint density at radius 2 is 1.52 bits per heavy atom. The van der Waals surface area contributed by atoms with Crippen LogP contribution in [-0.2, 0) is 33.4 Å². The van der Waals surface area contributed by atoms with Gasteiger partial charge in [0.25, 0.3) is 0 Å². The second kappa shape index (κ2) is 12.2. The van der Waals surface area contributed by atoms with Gasteiger partial charge in [-0.15, -0.1) is 0 Å². The lowest BCUT2D eigenvalue weighted by molar-refractivity contribution is -0.173. The van der Waals surface area contributed by atoms with Crippen LogP contribution in [0.2, 0.25) is 0 Å². The van der Waals surface area contributed by atoms with Crippen LogP contribution in [-0.4, -0.2) is 55.2 Å². The summed E-state index contributed by atoms with van der Waals surface area (Å²) < 4.78 is 15.4. The molecule has 44 heavy (non-hydrogen) atoms. The lowest BCUT2D eigenvalue weighted by atomic mass is 9.42. The van der Waals surface area contributed by atoms with Crippen LogP contribution in [0.3, 0.4) is 0 Å². The van der Waals surface area contributed by atoms with E-state index in [2.05, 4.69) is 46.3 Å². The normalized spacial score (nSPS) is 37.9. The number of allylic oxidation sites excluding steroid dienone is 1. The first-order chi connectivity index (χ1) is 20.4. The Hall–Kier alpha value is -2.22. The predicted octanol–water partition coefficient (Wildman–Crippen LogP) is 6.22. The molecule has 0 radical (unpaired) electrons. The summed E-state index contributed by atoms with van der Waals surface area (Å²) in [5.41, 5.74) is 1.96. The van der Waals surface area contributed by atoms with Crippen molar-refractivity contribution in [3.8, 4) is 0 Å². The van der Waals surface area contributed by atoms with Crippen molar-refractivity contribution in [2.75, 3.05) is 14.2 Å². The van der Waals surface area contributed by atoms with E-state index in [4.69, 9.17) is 9.47 Å². The highest BCUT2D eigenvalue weighted by Gasteiger charge is 2.66. The lowest BCUT2D eigenvalue weighted by Crippen LogP contribution is -2.58. The molecule has 0 saturated heterocycles. The molecular formula is C36H56O8. The molecule has 0 aromatic rings. The highest BCUT2D eigenvalue weighted by atomic mass is 16.6. The zero-order valence-corrected chi connectivity index (χ0v) is 28.7. The maximum absolute atomic E-state index is 13.3. The maximum Gasteiger partial charge on any atom is 0.317 e. The Kier molecular flexibility index (Phi) is 9.59. The molecule has 0 bridgehead atoms. The molecule has 0 aliphatic heterocycles. The fourth-order valence-electron chi connectivity index (χ4n) is 10.5. The summed E-state index contributed by atoms with van der Waals surface area (Å²) in [6, 6.07) is 0. The second-order valence-corrected chi connectivity index (χ2v) is 15.8. The van der Waals surface area contributed by atoms with Gasteiger partial charge in [-0.25, -0.2) is 0 Å². The van der Waals surface area contributed by atoms with Gasteiger partial charge in [-0.05, 0) is 73.5 Å². The van der Waals surface area contributed by atoms with Crippen molar-refractivity contribution in [1.82, 2.24) is 0 Å². The fraction of sp³-hybridized carbons (Fsp3) is 0.833. The molecular weight excluding hydrogens is 560 g/mol. The maximum atomic E-state index is 13.3. The number of aliphatic hydroxyl groups is 1. The number of ether oxygens (including phenoxy) is 3. The van der Waals surface area contributed by atoms with E-state index in [0.717, 1.165) is 32.1 Å². The first kappa shape index (κ1) is 34.6. The molecule has 0 amide bonds. The van der Waals surface area contributed by atoms with E-state index < -0.39 is 29.9 Å². The zero-order chi connectivity index (χ0) is 33.0. The number of esters is 3. The van der Waals surface area contributed by atoms with Crippen molar-refractivity contribution >= 4 is 23.7 Å². The average molecular weight is 617 g/mol. The molecule has 8 nitrogen and oxygen atoms in total. The fourth-order valence-corrected chi connectivity index (χ4v) is 10.5. The van der Waals surface area contributed by atoms with E-state index in [1.54, 1.807) is 6.92 Å². The van der Waals surface area contributed by atoms with E-state index in [1.807, 2.05) is 6.92 Å². The third kappa shape index (κ3) is 5.35. The summed E-state index contributed by atoms with van der Waals surface area (Å²) in [4.78, 5) is 49.6. The van der Waals surface area contributed by atoms with E-state index in [9.17, 15) is 24.3 Å². The molecule has 0 unspecified atom stereocenters. The van der Waals surface area contributed by atoms with E-state index in [0.29, 0.717) is 19.3 Å². The largest absolute Gasteiger partial charge is 0.469 e. The summed E-state index contributed by atoms with van der Waals surface area (Å²) >= 11 is 0. The van der Waals surface area contributed by atoms with Gasteiger partial charge in [0, 0.05) is 23.2 Å². The zero-order valence-electron chi connectivity index (χ0n) is 28.7. The van der Waals surface area contributed by atoms with Crippen LogP contribution in [0.4, 0.5) is 0 Å². The van der Waals surface area contributed by atoms with E-state index in [-0.39, 0.29) is 63.7 Å². The molecule has 4 rings (SSSR count). The van der Waals surface area contributed by atoms with Crippen molar-refractivity contribution in [1.29, 1.82) is 0 Å². The van der Waals surface area contributed by atoms with Crippen molar-refractivity contribution < 1.29 is 38.5 Å². The number of Topliss-reactive ketones (excluding diaryl/α,β-unsaturated/α-hetero) is 1. The molecule has 1 N–H and O–H groups in total. The van der Waals surface area contributed by atoms with Crippen LogP contribution < -0.4 is 0 Å². The molecule has 0 aromatic carbocycles. The van der Waals surface area contributed by atoms with Crippen molar-refractivity contribution in [2.45, 2.75) is 125 Å². The van der Waals surface area contributed by atoms with Gasteiger partial charge in [0.15, 0.2) is 0 Å². The number of hydrogen-bond donors (Lipinski definition) is 1. The molecule has 10 atom stereocenters. The van der Waals surface area contributed by atoms with Gasteiger partial charge < -0.3 is 19.3 Å². The van der Waals surface area contributed by atoms with Crippen molar-refractivity contribution in [2.24, 2.45) is 51.2 Å². The Morgan fingerprint density at radius 3 is 2.14 bits per heavy atom. The summed E-state index contributed by atoms with van der Waals surface area (Å²) in [6.07, 6.45) is 5.27. The average Bonchev–Trinajstić information content (AvgIpc) is 3.26. The number of rotatable bonds is 9. The van der Waals surface area contributed by atoms with Crippen molar-refractivity contribution in [3.63, 3.8) is 0 Å². The Bertz CT molecular complexity index is 1200. The van der Waals surface area contributed by atoms with Crippen LogP contribution in [0.1, 0.15) is 113 Å². The molecule has 4 aliphatic carbocycles. The van der Waals surface area contributed by atoms with Gasteiger partial charge in [0.05, 0.1) is 26.2 Å². The monoisotopic (exact) mass is 616 g/mol. The molecule has 4 aliphatic rings. The minimum absolute atomic E-state index is 0.0807. The predicted molar refractivity (Wildman–Crippen MR) is 166 cm³/mol. The third-order valence-electron chi connectivity index (χ3n) is 13.7. The Balaban J connectivity index is 1.58. The molecule has 0 spiro atoms. The van der Waals surface area contributed by atoms with Gasteiger partial charge in [-0.1, -0.05) is 66.5 Å². The smallest absolute Gasteiger partial charge is 0.317 e. The molecule has 2 fully saturated rings. The second-order valence-electron chi connectivity index (χ2n) is 15.8. The topological polar surface area (TPSA) is 116 Å². The highest BCUT2D eigenvalue weighted by Crippen LogP contribution is 2.72. The Morgan fingerprint density at radius 1 is 0.864 bits per heavy atom. The number of fused-ring (bicyclic) bond motifs is 4. The van der Waals surface area contributed by atoms with Crippen LogP contribution >= 0.6 is 0 Å². The van der Waals surface area contributed by atoms with Gasteiger partial charge >= 0.3 is 17.9 Å². The van der Waals surface area contributed by atoms with Gasteiger partial charge in [-0.3, -0.25) is 19.2 Å². The number of aliphatic hydroxyl groups excluding tert-OH is 1. The first-order valence-electron chi connectivity index (χ1n) is 16.7. The standard InChI is InChI=1S/C36H56O8/c1-20(17-26(37)21(2)22(3)32(41)43-10)23-13-16-35(7)24-11-12-27-33(4,5)29(44-31(40)19-30(39)42-9)14-15-34(27,6)25(24)18-28(38)36(23,35)8/h20-23,27-29,38H,11-19H2,1-10H3/t20-,21+,22+,23-,27+,28-,29-,34-,35+,36+/m1/s1. The Labute approximate surface area is 264 Å². The minimum atomic E-state index is -0.591. The van der Waals surface area contributed by atoms with E-state index in [1.165, 1.54) is 25.4 Å². The molecule has 8 heteroatoms. The number of methoxy groups -OCH3 is 2. The van der Waals surface area contributed by atoms with Crippen LogP contribution in [0, 0.1) is 51.2 Å². The van der Waals surface area contributed by atoms with Gasteiger partial charge in [0.1, 0.15) is 18.3 Å². The third-order valence-corrected chi connectivity index (χ3v) is 13.7. The summed E-state index contributed by atoms with van der Waals surface area (Å²) in [6.45, 7) is 17.1. The van der Waals surface area contributed by atoms with Gasteiger partial charge in [-0.2, -0.15) is 0 Å². The number of carbonyl (C=O) groups is 4. The first-order valence-corrected chi connectivity index (χ1v) is 16.7. The quantitative estimate of drug-likeness (QED) is 0.140. The minimum Gasteiger partial charge on any atom is -0.469 e. The number of ketones is 1. The lowest BCUT2D eigenvalue weighted by Gasteiger charge is -2.63. The van der Waals surface area contributed by atoms with Crippen LogP contribution in [0.15, 0.2) is 11.1 Å². The summed E-state index contributed by atoms with van der Waals surface area (Å²) in [5.74, 6) is -1.76. The number of carbonyl (C=O) groups excluding carboxylic acids is 4. The molecule has 0 heterocycles. The molecule has 2 saturated carbocycles. The molecule has 248 valence electrons. The number of hydrogen-bond acceptors (Lipinski definition) is 8.